The Bertz CT molecular complexity index is 1460. The van der Waals surface area contributed by atoms with E-state index in [-0.39, 0.29) is 24.7 Å². The number of amides is 2. The summed E-state index contributed by atoms with van der Waals surface area (Å²) >= 11 is 0. The number of nitrogens with zero attached hydrogens (tertiary/aromatic N) is 2. The number of hydrogen-bond acceptors (Lipinski definition) is 7. The number of hydrogen-bond donors (Lipinski definition) is 2. The van der Waals surface area contributed by atoms with E-state index in [1.54, 1.807) is 16.9 Å². The molecule has 2 unspecified atom stereocenters. The number of carboxylic acids is 2. The molecular formula is C32H36N2O9. The van der Waals surface area contributed by atoms with Gasteiger partial charge in [-0.3, -0.25) is 19.2 Å². The third-order valence-electron chi connectivity index (χ3n) is 7.70. The fourth-order valence-electron chi connectivity index (χ4n) is 5.07. The lowest BCUT2D eigenvalue weighted by molar-refractivity contribution is -0.145. The summed E-state index contributed by atoms with van der Waals surface area (Å²) in [5.41, 5.74) is 4.25. The molecule has 11 heteroatoms. The van der Waals surface area contributed by atoms with Crippen LogP contribution in [0.2, 0.25) is 0 Å². The van der Waals surface area contributed by atoms with E-state index < -0.39 is 23.8 Å². The predicted octanol–water partition coefficient (Wildman–Crippen LogP) is 3.43. The van der Waals surface area contributed by atoms with Gasteiger partial charge in [0.25, 0.3) is 0 Å². The first-order valence-corrected chi connectivity index (χ1v) is 14.1. The van der Waals surface area contributed by atoms with Crippen LogP contribution in [-0.4, -0.2) is 64.1 Å². The number of carbonyl (C=O) groups is 4. The third kappa shape index (κ3) is 7.38. The molecule has 2 aromatic rings. The second-order valence-electron chi connectivity index (χ2n) is 11.0. The van der Waals surface area contributed by atoms with Crippen molar-refractivity contribution in [2.75, 3.05) is 20.3 Å². The van der Waals surface area contributed by atoms with Gasteiger partial charge in [0.15, 0.2) is 11.5 Å². The third-order valence-corrected chi connectivity index (χ3v) is 7.70. The van der Waals surface area contributed by atoms with Crippen LogP contribution in [0.4, 0.5) is 0 Å². The summed E-state index contributed by atoms with van der Waals surface area (Å²) in [5, 5.41) is 18.2. The Hall–Kier alpha value is -4.72. The van der Waals surface area contributed by atoms with Crippen LogP contribution in [0.15, 0.2) is 24.3 Å². The van der Waals surface area contributed by atoms with Gasteiger partial charge >= 0.3 is 11.9 Å². The van der Waals surface area contributed by atoms with Gasteiger partial charge in [0, 0.05) is 45.4 Å². The fourth-order valence-corrected chi connectivity index (χ4v) is 5.07. The molecule has 2 N–H and O–H groups in total. The number of carboxylic acid groups (broad SMARTS) is 2. The molecule has 0 saturated carbocycles. The van der Waals surface area contributed by atoms with Crippen LogP contribution in [0.5, 0.6) is 17.2 Å². The average Bonchev–Trinajstić information content (AvgIpc) is 3.59. The number of fused-ring (bicyclic) bond motifs is 2. The van der Waals surface area contributed by atoms with E-state index in [4.69, 9.17) is 30.8 Å². The van der Waals surface area contributed by atoms with E-state index in [9.17, 15) is 19.2 Å². The maximum Gasteiger partial charge on any atom is 0.306 e. The van der Waals surface area contributed by atoms with Gasteiger partial charge in [-0.2, -0.15) is 0 Å². The minimum absolute atomic E-state index is 0.0577. The summed E-state index contributed by atoms with van der Waals surface area (Å²) in [7, 11) is 1.54. The maximum absolute atomic E-state index is 12.6. The van der Waals surface area contributed by atoms with Gasteiger partial charge in [-0.05, 0) is 46.5 Å². The van der Waals surface area contributed by atoms with Crippen molar-refractivity contribution in [1.29, 1.82) is 0 Å². The van der Waals surface area contributed by atoms with Crippen molar-refractivity contribution in [3.63, 3.8) is 0 Å². The zero-order valence-corrected chi connectivity index (χ0v) is 24.6. The monoisotopic (exact) mass is 592 g/mol. The highest BCUT2D eigenvalue weighted by molar-refractivity contribution is 5.83. The van der Waals surface area contributed by atoms with Crippen LogP contribution in [0, 0.1) is 24.2 Å². The summed E-state index contributed by atoms with van der Waals surface area (Å²) in [6, 6.07) is 7.37. The summed E-state index contributed by atoms with van der Waals surface area (Å²) in [4.78, 5) is 50.7. The summed E-state index contributed by atoms with van der Waals surface area (Å²) < 4.78 is 17.5. The van der Waals surface area contributed by atoms with Crippen LogP contribution < -0.4 is 14.2 Å². The Morgan fingerprint density at radius 3 is 1.63 bits per heavy atom. The average molecular weight is 593 g/mol. The molecule has 2 aliphatic rings. The van der Waals surface area contributed by atoms with E-state index in [2.05, 4.69) is 5.92 Å². The normalized spacial score (nSPS) is 14.7. The van der Waals surface area contributed by atoms with Crippen LogP contribution in [0.25, 0.3) is 0 Å². The van der Waals surface area contributed by atoms with E-state index in [1.807, 2.05) is 24.3 Å². The highest BCUT2D eigenvalue weighted by Gasteiger charge is 2.29. The number of carbonyl (C=O) groups excluding carboxylic acids is 2. The lowest BCUT2D eigenvalue weighted by Crippen LogP contribution is -2.28. The van der Waals surface area contributed by atoms with E-state index in [0.717, 1.165) is 22.3 Å². The first-order valence-electron chi connectivity index (χ1n) is 14.1. The number of aliphatic carboxylic acids is 2. The van der Waals surface area contributed by atoms with Crippen molar-refractivity contribution in [1.82, 2.24) is 9.80 Å². The molecule has 0 aliphatic carbocycles. The summed E-state index contributed by atoms with van der Waals surface area (Å²) in [5.74, 6) is 0.309. The number of rotatable bonds is 13. The second-order valence-corrected chi connectivity index (χ2v) is 11.0. The number of benzene rings is 2. The summed E-state index contributed by atoms with van der Waals surface area (Å²) in [6.45, 7) is 5.18. The van der Waals surface area contributed by atoms with Crippen LogP contribution in [0.3, 0.4) is 0 Å². The Morgan fingerprint density at radius 1 is 0.767 bits per heavy atom. The lowest BCUT2D eigenvalue weighted by atomic mass is 10.1. The van der Waals surface area contributed by atoms with Gasteiger partial charge in [-0.25, -0.2) is 0 Å². The molecule has 0 bridgehead atoms. The van der Waals surface area contributed by atoms with E-state index >= 15 is 0 Å². The first-order chi connectivity index (χ1) is 20.5. The Balaban J connectivity index is 1.30. The molecule has 2 atom stereocenters. The largest absolute Gasteiger partial charge is 0.493 e. The molecule has 43 heavy (non-hydrogen) atoms. The molecule has 0 fully saturated rings. The molecule has 228 valence electrons. The predicted molar refractivity (Wildman–Crippen MR) is 154 cm³/mol. The minimum Gasteiger partial charge on any atom is -0.493 e. The zero-order chi connectivity index (χ0) is 31.3. The van der Waals surface area contributed by atoms with E-state index in [0.29, 0.717) is 68.6 Å². The Kier molecular flexibility index (Phi) is 9.80. The first kappa shape index (κ1) is 31.2. The highest BCUT2D eigenvalue weighted by Crippen LogP contribution is 2.36. The number of methoxy groups -OCH3 is 1. The number of terminal acetylenes is 1. The number of ether oxygens (including phenoxy) is 3. The quantitative estimate of drug-likeness (QED) is 0.264. The highest BCUT2D eigenvalue weighted by atomic mass is 16.5. The van der Waals surface area contributed by atoms with Gasteiger partial charge < -0.3 is 34.2 Å². The molecule has 2 aliphatic heterocycles. The van der Waals surface area contributed by atoms with Crippen molar-refractivity contribution < 1.29 is 43.6 Å². The Labute approximate surface area is 250 Å². The summed E-state index contributed by atoms with van der Waals surface area (Å²) in [6.07, 6.45) is 6.14. The van der Waals surface area contributed by atoms with Gasteiger partial charge in [0.05, 0.1) is 37.7 Å². The molecule has 0 aromatic heterocycles. The van der Waals surface area contributed by atoms with E-state index in [1.165, 1.54) is 13.8 Å². The van der Waals surface area contributed by atoms with Crippen molar-refractivity contribution in [3.05, 3.63) is 52.1 Å². The fraction of sp³-hybridized carbons (Fsp3) is 0.438. The topological polar surface area (TPSA) is 143 Å². The van der Waals surface area contributed by atoms with Crippen molar-refractivity contribution in [3.8, 4) is 29.6 Å². The molecule has 0 spiro atoms. The molecule has 2 aromatic carbocycles. The smallest absolute Gasteiger partial charge is 0.306 e. The molecule has 11 nitrogen and oxygen atoms in total. The zero-order valence-electron chi connectivity index (χ0n) is 24.6. The van der Waals surface area contributed by atoms with Gasteiger partial charge in [-0.1, -0.05) is 19.8 Å². The van der Waals surface area contributed by atoms with Crippen LogP contribution in [0.1, 0.15) is 60.9 Å². The second kappa shape index (κ2) is 13.5. The lowest BCUT2D eigenvalue weighted by Gasteiger charge is -2.16. The maximum atomic E-state index is 12.6. The van der Waals surface area contributed by atoms with Gasteiger partial charge in [0.1, 0.15) is 5.75 Å². The SMILES string of the molecule is C#Cc1cc2c(cc1OCCCOc1cc3c(cc1OC)CN(C(=O)CC(C)C(=O)O)C3)CN(C(=O)CC(C)C(=O)O)C2. The molecule has 2 amide bonds. The van der Waals surface area contributed by atoms with Crippen LogP contribution >= 0.6 is 0 Å². The van der Waals surface area contributed by atoms with Crippen LogP contribution in [-0.2, 0) is 45.4 Å². The minimum atomic E-state index is -1.00. The molecule has 0 radical (unpaired) electrons. The van der Waals surface area contributed by atoms with Crippen molar-refractivity contribution >= 4 is 23.8 Å². The van der Waals surface area contributed by atoms with Gasteiger partial charge in [0.2, 0.25) is 11.8 Å². The molecule has 0 saturated heterocycles. The standard InChI is InChI=1S/C32H36N2O9/c1-5-21-11-22-15-33(29(35)9-19(2)31(37)38)16-23(22)12-26(21)42-7-6-8-43-28-14-25-18-34(17-24(25)13-27(28)41-4)30(36)10-20(3)32(39)40/h1,11-14,19-20H,6-10,15-18H2,2-4H3,(H,37,38)(H,39,40). The van der Waals surface area contributed by atoms with Crippen molar-refractivity contribution in [2.45, 2.75) is 59.3 Å². The van der Waals surface area contributed by atoms with Crippen molar-refractivity contribution in [2.24, 2.45) is 11.8 Å². The Morgan fingerprint density at radius 2 is 1.19 bits per heavy atom. The molecule has 4 rings (SSSR count). The molecular weight excluding hydrogens is 556 g/mol. The molecule has 2 heterocycles. The van der Waals surface area contributed by atoms with Gasteiger partial charge in [-0.15, -0.1) is 6.42 Å².